The maximum Gasteiger partial charge on any atom is -0.0238 e. The Balaban J connectivity index is 1.66. The van der Waals surface area contributed by atoms with Gasteiger partial charge in [0.15, 0.2) is 0 Å². The lowest BCUT2D eigenvalue weighted by Gasteiger charge is -2.65. The van der Waals surface area contributed by atoms with Gasteiger partial charge in [0.05, 0.1) is 0 Å². The molecule has 4 rings (SSSR count). The van der Waals surface area contributed by atoms with Crippen molar-refractivity contribution in [1.29, 1.82) is 0 Å². The molecule has 0 aliphatic heterocycles. The number of fused-ring (bicyclic) bond motifs is 5. The molecule has 0 unspecified atom stereocenters. The molecule has 0 spiro atoms. The monoisotopic (exact) mass is 372 g/mol. The predicted octanol–water partition coefficient (Wildman–Crippen LogP) is 8.21. The molecule has 0 N–H and O–H groups in total. The highest BCUT2D eigenvalue weighted by atomic mass is 14.7. The average molecular weight is 373 g/mol. The summed E-state index contributed by atoms with van der Waals surface area (Å²) >= 11 is 0. The van der Waals surface area contributed by atoms with Crippen LogP contribution in [0.5, 0.6) is 0 Å². The molecule has 0 heterocycles. The van der Waals surface area contributed by atoms with Crippen LogP contribution in [0.1, 0.15) is 106 Å². The van der Waals surface area contributed by atoms with Crippen LogP contribution < -0.4 is 0 Å². The van der Waals surface area contributed by atoms with Crippen molar-refractivity contribution in [2.75, 3.05) is 0 Å². The summed E-state index contributed by atoms with van der Waals surface area (Å²) in [7, 11) is 0. The zero-order valence-corrected chi connectivity index (χ0v) is 19.6. The SMILES string of the molecule is CCC[C@@H](C)[C@H]1CC[C@H]2[C@@H]3[C@H](C)C[C@@H]4C[C@H](C)CC[C@]4(C)[C@H]3C[C@H](C)[C@]12C. The first-order valence-corrected chi connectivity index (χ1v) is 12.7. The van der Waals surface area contributed by atoms with Gasteiger partial charge in [-0.2, -0.15) is 0 Å². The van der Waals surface area contributed by atoms with Crippen LogP contribution in [0.3, 0.4) is 0 Å². The van der Waals surface area contributed by atoms with Crippen LogP contribution in [0.25, 0.3) is 0 Å². The molecule has 0 amide bonds. The molecule has 4 aliphatic carbocycles. The second-order valence-corrected chi connectivity index (χ2v) is 12.5. The third kappa shape index (κ3) is 2.89. The Hall–Kier alpha value is 0. The van der Waals surface area contributed by atoms with Crippen molar-refractivity contribution in [3.8, 4) is 0 Å². The van der Waals surface area contributed by atoms with Gasteiger partial charge in [0.1, 0.15) is 0 Å². The fraction of sp³-hybridized carbons (Fsp3) is 1.00. The molecule has 11 atom stereocenters. The Morgan fingerprint density at radius 1 is 0.926 bits per heavy atom. The van der Waals surface area contributed by atoms with Crippen LogP contribution in [0.2, 0.25) is 0 Å². The largest absolute Gasteiger partial charge is 0.0654 e. The molecule has 0 nitrogen and oxygen atoms in total. The van der Waals surface area contributed by atoms with Gasteiger partial charge in [0.25, 0.3) is 0 Å². The molecule has 27 heavy (non-hydrogen) atoms. The van der Waals surface area contributed by atoms with E-state index in [2.05, 4.69) is 48.5 Å². The first kappa shape index (κ1) is 20.3. The molecule has 0 radical (unpaired) electrons. The predicted molar refractivity (Wildman–Crippen MR) is 118 cm³/mol. The van der Waals surface area contributed by atoms with Gasteiger partial charge in [-0.05, 0) is 103 Å². The Morgan fingerprint density at radius 3 is 2.37 bits per heavy atom. The molecule has 4 aliphatic rings. The van der Waals surface area contributed by atoms with E-state index in [-0.39, 0.29) is 0 Å². The summed E-state index contributed by atoms with van der Waals surface area (Å²) in [6, 6.07) is 0. The fourth-order valence-electron chi connectivity index (χ4n) is 9.82. The Labute approximate surface area is 170 Å². The number of hydrogen-bond donors (Lipinski definition) is 0. The summed E-state index contributed by atoms with van der Waals surface area (Å²) in [5.74, 6) is 8.88. The molecule has 0 aromatic rings. The fourth-order valence-corrected chi connectivity index (χ4v) is 9.82. The van der Waals surface area contributed by atoms with E-state index < -0.39 is 0 Å². The molecule has 4 fully saturated rings. The zero-order chi connectivity index (χ0) is 19.6. The summed E-state index contributed by atoms with van der Waals surface area (Å²) in [6.45, 7) is 18.3. The number of rotatable bonds is 3. The van der Waals surface area contributed by atoms with Crippen molar-refractivity contribution >= 4 is 0 Å². The van der Waals surface area contributed by atoms with Gasteiger partial charge in [-0.3, -0.25) is 0 Å². The van der Waals surface area contributed by atoms with Gasteiger partial charge in [-0.15, -0.1) is 0 Å². The molecular formula is C27H48. The van der Waals surface area contributed by atoms with Gasteiger partial charge < -0.3 is 0 Å². The first-order valence-electron chi connectivity index (χ1n) is 12.7. The van der Waals surface area contributed by atoms with Gasteiger partial charge in [-0.1, -0.05) is 67.7 Å². The van der Waals surface area contributed by atoms with Crippen molar-refractivity contribution < 1.29 is 0 Å². The summed E-state index contributed by atoms with van der Waals surface area (Å²) < 4.78 is 0. The Morgan fingerprint density at radius 2 is 1.67 bits per heavy atom. The molecule has 4 saturated carbocycles. The highest BCUT2D eigenvalue weighted by molar-refractivity contribution is 5.12. The normalized spacial score (nSPS) is 56.1. The standard InChI is InChI=1S/C27H48/c1-8-9-18(3)22-10-11-23-25-19(4)15-21-14-17(2)12-13-26(21,6)24(25)16-20(5)27(22,23)7/h17-25H,8-16H2,1-7H3/t17-,18-,19-,20+,21+,22-,23+,24+,25+,26+,27-/m1/s1. The van der Waals surface area contributed by atoms with Gasteiger partial charge in [-0.25, -0.2) is 0 Å². The van der Waals surface area contributed by atoms with Crippen LogP contribution in [0.15, 0.2) is 0 Å². The summed E-state index contributed by atoms with van der Waals surface area (Å²) in [5, 5.41) is 0. The molecule has 0 bridgehead atoms. The highest BCUT2D eigenvalue weighted by Gasteiger charge is 2.64. The molecule has 156 valence electrons. The van der Waals surface area contributed by atoms with E-state index in [1.165, 1.54) is 44.9 Å². The second kappa shape index (κ2) is 7.05. The summed E-state index contributed by atoms with van der Waals surface area (Å²) in [4.78, 5) is 0. The molecule has 0 heteroatoms. The Kier molecular flexibility index (Phi) is 5.30. The lowest BCUT2D eigenvalue weighted by molar-refractivity contribution is -0.162. The number of hydrogen-bond acceptors (Lipinski definition) is 0. The van der Waals surface area contributed by atoms with E-state index in [9.17, 15) is 0 Å². The van der Waals surface area contributed by atoms with Crippen LogP contribution in [0, 0.1) is 64.1 Å². The maximum atomic E-state index is 2.76. The first-order chi connectivity index (χ1) is 12.7. The lowest BCUT2D eigenvalue weighted by Crippen LogP contribution is -2.58. The molecule has 0 saturated heterocycles. The average Bonchev–Trinajstić information content (AvgIpc) is 2.96. The summed E-state index contributed by atoms with van der Waals surface area (Å²) in [5.41, 5.74) is 1.28. The Bertz CT molecular complexity index is 536. The topological polar surface area (TPSA) is 0 Å². The van der Waals surface area contributed by atoms with E-state index in [0.29, 0.717) is 10.8 Å². The van der Waals surface area contributed by atoms with Crippen LogP contribution in [-0.4, -0.2) is 0 Å². The van der Waals surface area contributed by atoms with Gasteiger partial charge in [0.2, 0.25) is 0 Å². The highest BCUT2D eigenvalue weighted by Crippen LogP contribution is 2.71. The second-order valence-electron chi connectivity index (χ2n) is 12.5. The van der Waals surface area contributed by atoms with Gasteiger partial charge in [0, 0.05) is 0 Å². The lowest BCUT2D eigenvalue weighted by atomic mass is 9.40. The quantitative estimate of drug-likeness (QED) is 0.468. The minimum absolute atomic E-state index is 0.620. The van der Waals surface area contributed by atoms with E-state index in [4.69, 9.17) is 0 Å². The van der Waals surface area contributed by atoms with Crippen LogP contribution in [-0.2, 0) is 0 Å². The minimum Gasteiger partial charge on any atom is -0.0654 e. The van der Waals surface area contributed by atoms with Crippen molar-refractivity contribution in [2.24, 2.45) is 64.1 Å². The third-order valence-corrected chi connectivity index (χ3v) is 11.4. The maximum absolute atomic E-state index is 2.76. The molecular weight excluding hydrogens is 324 g/mol. The van der Waals surface area contributed by atoms with E-state index in [1.807, 2.05) is 0 Å². The van der Waals surface area contributed by atoms with Crippen molar-refractivity contribution in [3.63, 3.8) is 0 Å². The van der Waals surface area contributed by atoms with Crippen molar-refractivity contribution in [2.45, 2.75) is 106 Å². The van der Waals surface area contributed by atoms with Crippen molar-refractivity contribution in [3.05, 3.63) is 0 Å². The third-order valence-electron chi connectivity index (χ3n) is 11.4. The van der Waals surface area contributed by atoms with E-state index in [1.54, 1.807) is 12.8 Å². The van der Waals surface area contributed by atoms with E-state index in [0.717, 1.165) is 53.3 Å². The van der Waals surface area contributed by atoms with Crippen molar-refractivity contribution in [1.82, 2.24) is 0 Å². The van der Waals surface area contributed by atoms with E-state index >= 15 is 0 Å². The minimum atomic E-state index is 0.620. The summed E-state index contributed by atoms with van der Waals surface area (Å²) in [6.07, 6.45) is 13.5. The molecule has 0 aromatic carbocycles. The van der Waals surface area contributed by atoms with Crippen LogP contribution in [0.4, 0.5) is 0 Å². The zero-order valence-electron chi connectivity index (χ0n) is 19.6. The smallest absolute Gasteiger partial charge is 0.0238 e. The van der Waals surface area contributed by atoms with Gasteiger partial charge >= 0.3 is 0 Å². The van der Waals surface area contributed by atoms with Crippen LogP contribution >= 0.6 is 0 Å². The molecule has 0 aromatic heterocycles.